The Morgan fingerprint density at radius 1 is 1.35 bits per heavy atom. The number of aryl methyl sites for hydroxylation is 1. The van der Waals surface area contributed by atoms with Gasteiger partial charge in [0.1, 0.15) is 0 Å². The molecule has 1 amide bonds. The average Bonchev–Trinajstić information content (AvgIpc) is 3.08. The van der Waals surface area contributed by atoms with Crippen molar-refractivity contribution >= 4 is 17.6 Å². The van der Waals surface area contributed by atoms with E-state index in [0.29, 0.717) is 6.42 Å². The summed E-state index contributed by atoms with van der Waals surface area (Å²) >= 11 is 0. The standard InChI is InChI=1S/C13H13NO3/c15-12-4-2-8-5-7(1-3-11(8)14-12)9-6-10(9)13(16)17/h1,3,5,9-10H,2,4,6H2,(H,14,15)(H,16,17). The summed E-state index contributed by atoms with van der Waals surface area (Å²) in [4.78, 5) is 22.0. The van der Waals surface area contributed by atoms with Crippen LogP contribution in [0.15, 0.2) is 18.2 Å². The quantitative estimate of drug-likeness (QED) is 0.815. The summed E-state index contributed by atoms with van der Waals surface area (Å²) in [5.41, 5.74) is 3.09. The van der Waals surface area contributed by atoms with Crippen LogP contribution in [-0.2, 0) is 16.0 Å². The molecule has 2 unspecified atom stereocenters. The molecule has 1 aliphatic carbocycles. The maximum atomic E-state index is 11.2. The van der Waals surface area contributed by atoms with Crippen molar-refractivity contribution in [2.75, 3.05) is 5.32 Å². The molecule has 0 radical (unpaired) electrons. The van der Waals surface area contributed by atoms with Crippen molar-refractivity contribution in [3.63, 3.8) is 0 Å². The SMILES string of the molecule is O=C1CCc2cc(C3CC3C(=O)O)ccc2N1. The minimum atomic E-state index is -0.707. The topological polar surface area (TPSA) is 66.4 Å². The number of carbonyl (C=O) groups is 2. The molecule has 0 spiro atoms. The van der Waals surface area contributed by atoms with Crippen molar-refractivity contribution in [1.82, 2.24) is 0 Å². The van der Waals surface area contributed by atoms with Crippen LogP contribution in [0.2, 0.25) is 0 Å². The fraction of sp³-hybridized carbons (Fsp3) is 0.385. The number of anilines is 1. The highest BCUT2D eigenvalue weighted by molar-refractivity contribution is 5.94. The van der Waals surface area contributed by atoms with Crippen LogP contribution in [0, 0.1) is 5.92 Å². The van der Waals surface area contributed by atoms with Gasteiger partial charge < -0.3 is 10.4 Å². The molecule has 1 aromatic rings. The van der Waals surface area contributed by atoms with E-state index < -0.39 is 5.97 Å². The lowest BCUT2D eigenvalue weighted by molar-refractivity contribution is -0.138. The molecule has 0 aromatic heterocycles. The molecule has 1 aliphatic heterocycles. The van der Waals surface area contributed by atoms with E-state index in [1.54, 1.807) is 0 Å². The molecule has 1 fully saturated rings. The number of benzene rings is 1. The lowest BCUT2D eigenvalue weighted by Gasteiger charge is -2.17. The zero-order chi connectivity index (χ0) is 12.0. The van der Waals surface area contributed by atoms with E-state index in [1.165, 1.54) is 0 Å². The molecule has 1 heterocycles. The van der Waals surface area contributed by atoms with Gasteiger partial charge in [0.05, 0.1) is 5.92 Å². The summed E-state index contributed by atoms with van der Waals surface area (Å²) in [6.45, 7) is 0. The molecule has 1 aromatic carbocycles. The van der Waals surface area contributed by atoms with Crippen LogP contribution in [0.25, 0.3) is 0 Å². The summed E-state index contributed by atoms with van der Waals surface area (Å²) in [5.74, 6) is -0.706. The normalized spacial score (nSPS) is 26.0. The van der Waals surface area contributed by atoms with Crippen molar-refractivity contribution in [3.05, 3.63) is 29.3 Å². The largest absolute Gasteiger partial charge is 0.481 e. The number of carboxylic acids is 1. The minimum absolute atomic E-state index is 0.0556. The van der Waals surface area contributed by atoms with Gasteiger partial charge in [-0.1, -0.05) is 12.1 Å². The van der Waals surface area contributed by atoms with E-state index in [-0.39, 0.29) is 17.7 Å². The van der Waals surface area contributed by atoms with Crippen molar-refractivity contribution in [1.29, 1.82) is 0 Å². The Hall–Kier alpha value is -1.84. The first-order chi connectivity index (χ1) is 8.15. The molecular formula is C13H13NO3. The molecule has 17 heavy (non-hydrogen) atoms. The van der Waals surface area contributed by atoms with Gasteiger partial charge >= 0.3 is 5.97 Å². The van der Waals surface area contributed by atoms with Gasteiger partial charge in [-0.05, 0) is 36.0 Å². The Morgan fingerprint density at radius 2 is 2.18 bits per heavy atom. The van der Waals surface area contributed by atoms with Crippen LogP contribution < -0.4 is 5.32 Å². The van der Waals surface area contributed by atoms with Gasteiger partial charge in [-0.2, -0.15) is 0 Å². The van der Waals surface area contributed by atoms with E-state index in [9.17, 15) is 9.59 Å². The third kappa shape index (κ3) is 1.79. The van der Waals surface area contributed by atoms with Gasteiger partial charge in [0.25, 0.3) is 0 Å². The first-order valence-electron chi connectivity index (χ1n) is 5.80. The third-order valence-electron chi connectivity index (χ3n) is 3.56. The maximum Gasteiger partial charge on any atom is 0.307 e. The van der Waals surface area contributed by atoms with Crippen molar-refractivity contribution < 1.29 is 14.7 Å². The highest BCUT2D eigenvalue weighted by Gasteiger charge is 2.44. The Balaban J connectivity index is 1.85. The van der Waals surface area contributed by atoms with E-state index in [4.69, 9.17) is 5.11 Å². The lowest BCUT2D eigenvalue weighted by Crippen LogP contribution is -2.18. The van der Waals surface area contributed by atoms with E-state index >= 15 is 0 Å². The van der Waals surface area contributed by atoms with Gasteiger partial charge in [0, 0.05) is 12.1 Å². The van der Waals surface area contributed by atoms with Crippen molar-refractivity contribution in [2.24, 2.45) is 5.92 Å². The minimum Gasteiger partial charge on any atom is -0.481 e. The van der Waals surface area contributed by atoms with Crippen LogP contribution in [0.3, 0.4) is 0 Å². The first-order valence-corrected chi connectivity index (χ1v) is 5.80. The van der Waals surface area contributed by atoms with Crippen LogP contribution in [-0.4, -0.2) is 17.0 Å². The molecule has 4 nitrogen and oxygen atoms in total. The Morgan fingerprint density at radius 3 is 2.88 bits per heavy atom. The Bertz CT molecular complexity index is 509. The predicted molar refractivity (Wildman–Crippen MR) is 61.9 cm³/mol. The zero-order valence-electron chi connectivity index (χ0n) is 9.27. The number of rotatable bonds is 2. The maximum absolute atomic E-state index is 11.2. The highest BCUT2D eigenvalue weighted by Crippen LogP contribution is 2.48. The molecule has 2 aliphatic rings. The molecule has 4 heteroatoms. The van der Waals surface area contributed by atoms with Gasteiger partial charge in [-0.15, -0.1) is 0 Å². The molecule has 3 rings (SSSR count). The average molecular weight is 231 g/mol. The van der Waals surface area contributed by atoms with Gasteiger partial charge in [0.2, 0.25) is 5.91 Å². The van der Waals surface area contributed by atoms with Crippen LogP contribution in [0.1, 0.15) is 29.9 Å². The van der Waals surface area contributed by atoms with E-state index in [1.807, 2.05) is 18.2 Å². The fourth-order valence-electron chi connectivity index (χ4n) is 2.47. The van der Waals surface area contributed by atoms with Gasteiger partial charge in [-0.25, -0.2) is 0 Å². The molecule has 0 saturated heterocycles. The molecule has 88 valence electrons. The van der Waals surface area contributed by atoms with Crippen LogP contribution in [0.5, 0.6) is 0 Å². The summed E-state index contributed by atoms with van der Waals surface area (Å²) in [7, 11) is 0. The predicted octanol–water partition coefficient (Wildman–Crippen LogP) is 1.76. The second-order valence-electron chi connectivity index (χ2n) is 4.75. The number of amides is 1. The van der Waals surface area contributed by atoms with Crippen molar-refractivity contribution in [2.45, 2.75) is 25.2 Å². The van der Waals surface area contributed by atoms with Crippen molar-refractivity contribution in [3.8, 4) is 0 Å². The second kappa shape index (κ2) is 3.58. The van der Waals surface area contributed by atoms with E-state index in [0.717, 1.165) is 29.7 Å². The molecule has 2 atom stereocenters. The summed E-state index contributed by atoms with van der Waals surface area (Å²) < 4.78 is 0. The molecule has 1 saturated carbocycles. The number of hydrogen-bond donors (Lipinski definition) is 2. The zero-order valence-corrected chi connectivity index (χ0v) is 9.27. The molecule has 2 N–H and O–H groups in total. The van der Waals surface area contributed by atoms with Crippen LogP contribution >= 0.6 is 0 Å². The summed E-state index contributed by atoms with van der Waals surface area (Å²) in [5, 5.41) is 11.7. The monoisotopic (exact) mass is 231 g/mol. The number of carbonyl (C=O) groups excluding carboxylic acids is 1. The second-order valence-corrected chi connectivity index (χ2v) is 4.75. The number of fused-ring (bicyclic) bond motifs is 1. The number of carboxylic acid groups (broad SMARTS) is 1. The lowest BCUT2D eigenvalue weighted by atomic mass is 9.98. The van der Waals surface area contributed by atoms with Gasteiger partial charge in [-0.3, -0.25) is 9.59 Å². The first kappa shape index (κ1) is 10.3. The summed E-state index contributed by atoms with van der Waals surface area (Å²) in [6.07, 6.45) is 2.00. The smallest absolute Gasteiger partial charge is 0.307 e. The van der Waals surface area contributed by atoms with E-state index in [2.05, 4.69) is 5.32 Å². The van der Waals surface area contributed by atoms with Crippen LogP contribution in [0.4, 0.5) is 5.69 Å². The number of hydrogen-bond acceptors (Lipinski definition) is 2. The highest BCUT2D eigenvalue weighted by atomic mass is 16.4. The number of nitrogens with one attached hydrogen (secondary N) is 1. The Kier molecular flexibility index (Phi) is 2.18. The van der Waals surface area contributed by atoms with Gasteiger partial charge in [0.15, 0.2) is 0 Å². The molecular weight excluding hydrogens is 218 g/mol. The molecule has 0 bridgehead atoms. The Labute approximate surface area is 98.6 Å². The summed E-state index contributed by atoms with van der Waals surface area (Å²) in [6, 6.07) is 5.86. The third-order valence-corrected chi connectivity index (χ3v) is 3.56. The number of aliphatic carboxylic acids is 1. The fourth-order valence-corrected chi connectivity index (χ4v) is 2.47.